The van der Waals surface area contributed by atoms with Gasteiger partial charge in [0.2, 0.25) is 0 Å². The van der Waals surface area contributed by atoms with Crippen LogP contribution in [-0.4, -0.2) is 41.4 Å². The van der Waals surface area contributed by atoms with E-state index in [1.165, 1.54) is 0 Å². The molecule has 5 heteroatoms. The van der Waals surface area contributed by atoms with Crippen LogP contribution in [0.3, 0.4) is 0 Å². The van der Waals surface area contributed by atoms with Gasteiger partial charge < -0.3 is 0 Å². The number of carbonyl (C=O) groups excluding carboxylic acids is 1. The molecule has 82 valence electrons. The number of hydrazine groups is 1. The first-order valence-corrected chi connectivity index (χ1v) is 6.27. The predicted molar refractivity (Wildman–Crippen MR) is 59.9 cm³/mol. The standard InChI is InChI=1S/C9H19N3OS/c1-2-3-8(9(13)11-10)12-4-6-14-7-5-12/h8H,2-7,10H2,1H3,(H,11,13). The minimum absolute atomic E-state index is 0.0223. The van der Waals surface area contributed by atoms with Gasteiger partial charge in [-0.3, -0.25) is 15.1 Å². The first kappa shape index (κ1) is 11.8. The highest BCUT2D eigenvalue weighted by molar-refractivity contribution is 7.99. The Morgan fingerprint density at radius 1 is 1.57 bits per heavy atom. The smallest absolute Gasteiger partial charge is 0.251 e. The predicted octanol–water partition coefficient (Wildman–Crippen LogP) is 0.194. The highest BCUT2D eigenvalue weighted by atomic mass is 32.2. The zero-order valence-corrected chi connectivity index (χ0v) is 9.48. The van der Waals surface area contributed by atoms with E-state index < -0.39 is 0 Å². The van der Waals surface area contributed by atoms with Gasteiger partial charge >= 0.3 is 0 Å². The maximum absolute atomic E-state index is 11.5. The molecule has 1 saturated heterocycles. The van der Waals surface area contributed by atoms with Crippen molar-refractivity contribution in [3.63, 3.8) is 0 Å². The summed E-state index contributed by atoms with van der Waals surface area (Å²) in [5.41, 5.74) is 2.26. The normalized spacial score (nSPS) is 20.4. The number of thioether (sulfide) groups is 1. The first-order chi connectivity index (χ1) is 6.79. The summed E-state index contributed by atoms with van der Waals surface area (Å²) in [5, 5.41) is 0. The maximum atomic E-state index is 11.5. The Bertz CT molecular complexity index is 183. The summed E-state index contributed by atoms with van der Waals surface area (Å²) in [6.45, 7) is 4.10. The van der Waals surface area contributed by atoms with E-state index >= 15 is 0 Å². The molecule has 1 heterocycles. The maximum Gasteiger partial charge on any atom is 0.251 e. The van der Waals surface area contributed by atoms with Crippen LogP contribution in [0.25, 0.3) is 0 Å². The lowest BCUT2D eigenvalue weighted by molar-refractivity contribution is -0.126. The number of amides is 1. The lowest BCUT2D eigenvalue weighted by atomic mass is 10.1. The number of rotatable bonds is 4. The molecule has 0 radical (unpaired) electrons. The van der Waals surface area contributed by atoms with Gasteiger partial charge in [0, 0.05) is 24.6 Å². The molecule has 3 N–H and O–H groups in total. The van der Waals surface area contributed by atoms with Gasteiger partial charge in [-0.15, -0.1) is 0 Å². The number of carbonyl (C=O) groups is 1. The average Bonchev–Trinajstić information content (AvgIpc) is 2.26. The molecule has 0 aromatic carbocycles. The van der Waals surface area contributed by atoms with Crippen molar-refractivity contribution >= 4 is 17.7 Å². The lowest BCUT2D eigenvalue weighted by Gasteiger charge is -2.32. The molecule has 0 spiro atoms. The van der Waals surface area contributed by atoms with Crippen LogP contribution in [0.5, 0.6) is 0 Å². The van der Waals surface area contributed by atoms with E-state index in [1.54, 1.807) is 0 Å². The third-order valence-electron chi connectivity index (χ3n) is 2.49. The van der Waals surface area contributed by atoms with Gasteiger partial charge in [-0.05, 0) is 6.42 Å². The molecule has 1 amide bonds. The highest BCUT2D eigenvalue weighted by Gasteiger charge is 2.25. The molecule has 1 unspecified atom stereocenters. The molecule has 1 fully saturated rings. The average molecular weight is 217 g/mol. The van der Waals surface area contributed by atoms with Crippen molar-refractivity contribution in [2.45, 2.75) is 25.8 Å². The third-order valence-corrected chi connectivity index (χ3v) is 3.44. The summed E-state index contributed by atoms with van der Waals surface area (Å²) in [7, 11) is 0. The molecule has 1 rings (SSSR count). The molecule has 4 nitrogen and oxygen atoms in total. The second-order valence-corrected chi connectivity index (χ2v) is 4.69. The Morgan fingerprint density at radius 3 is 2.71 bits per heavy atom. The van der Waals surface area contributed by atoms with Gasteiger partial charge in [-0.2, -0.15) is 11.8 Å². The molecular weight excluding hydrogens is 198 g/mol. The topological polar surface area (TPSA) is 58.4 Å². The fraction of sp³-hybridized carbons (Fsp3) is 0.889. The monoisotopic (exact) mass is 217 g/mol. The van der Waals surface area contributed by atoms with Crippen LogP contribution < -0.4 is 11.3 Å². The molecule has 0 aromatic rings. The van der Waals surface area contributed by atoms with Crippen LogP contribution in [-0.2, 0) is 4.79 Å². The van der Waals surface area contributed by atoms with Crippen molar-refractivity contribution in [1.82, 2.24) is 10.3 Å². The van der Waals surface area contributed by atoms with Crippen LogP contribution in [0.2, 0.25) is 0 Å². The van der Waals surface area contributed by atoms with Crippen LogP contribution in [0, 0.1) is 0 Å². The summed E-state index contributed by atoms with van der Waals surface area (Å²) in [5.74, 6) is 7.38. The number of nitrogens with two attached hydrogens (primary N) is 1. The summed E-state index contributed by atoms with van der Waals surface area (Å²) in [4.78, 5) is 13.8. The molecule has 0 aliphatic carbocycles. The molecular formula is C9H19N3OS. The van der Waals surface area contributed by atoms with Gasteiger partial charge in [0.25, 0.3) is 5.91 Å². The van der Waals surface area contributed by atoms with E-state index in [1.807, 2.05) is 11.8 Å². The van der Waals surface area contributed by atoms with Crippen molar-refractivity contribution in [3.05, 3.63) is 0 Å². The van der Waals surface area contributed by atoms with E-state index in [2.05, 4.69) is 17.2 Å². The van der Waals surface area contributed by atoms with E-state index in [-0.39, 0.29) is 11.9 Å². The third kappa shape index (κ3) is 3.15. The number of hydrogen-bond acceptors (Lipinski definition) is 4. The van der Waals surface area contributed by atoms with Gasteiger partial charge in [0.05, 0.1) is 6.04 Å². The Hall–Kier alpha value is -0.260. The molecule has 0 saturated carbocycles. The van der Waals surface area contributed by atoms with Crippen LogP contribution in [0.15, 0.2) is 0 Å². The molecule has 14 heavy (non-hydrogen) atoms. The SMILES string of the molecule is CCCC(C(=O)NN)N1CCSCC1. The Morgan fingerprint density at radius 2 is 2.21 bits per heavy atom. The summed E-state index contributed by atoms with van der Waals surface area (Å²) in [6, 6.07) is -0.0223. The van der Waals surface area contributed by atoms with Crippen molar-refractivity contribution < 1.29 is 4.79 Å². The summed E-state index contributed by atoms with van der Waals surface area (Å²) < 4.78 is 0. The zero-order valence-electron chi connectivity index (χ0n) is 8.66. The highest BCUT2D eigenvalue weighted by Crippen LogP contribution is 2.15. The van der Waals surface area contributed by atoms with Gasteiger partial charge in [0.15, 0.2) is 0 Å². The van der Waals surface area contributed by atoms with Crippen molar-refractivity contribution in [2.75, 3.05) is 24.6 Å². The molecule has 0 aromatic heterocycles. The number of hydrogen-bond donors (Lipinski definition) is 2. The van der Waals surface area contributed by atoms with Crippen LogP contribution in [0.1, 0.15) is 19.8 Å². The fourth-order valence-electron chi connectivity index (χ4n) is 1.74. The number of nitrogens with zero attached hydrogens (tertiary/aromatic N) is 1. The van der Waals surface area contributed by atoms with Gasteiger partial charge in [-0.25, -0.2) is 5.84 Å². The number of nitrogens with one attached hydrogen (secondary N) is 1. The second-order valence-electron chi connectivity index (χ2n) is 3.46. The second kappa shape index (κ2) is 6.27. The van der Waals surface area contributed by atoms with E-state index in [9.17, 15) is 4.79 Å². The first-order valence-electron chi connectivity index (χ1n) is 5.11. The van der Waals surface area contributed by atoms with Gasteiger partial charge in [0.1, 0.15) is 0 Å². The molecule has 1 aliphatic rings. The van der Waals surface area contributed by atoms with Gasteiger partial charge in [-0.1, -0.05) is 13.3 Å². The summed E-state index contributed by atoms with van der Waals surface area (Å²) in [6.07, 6.45) is 1.91. The van der Waals surface area contributed by atoms with E-state index in [0.29, 0.717) is 0 Å². The van der Waals surface area contributed by atoms with Crippen molar-refractivity contribution in [1.29, 1.82) is 0 Å². The summed E-state index contributed by atoms with van der Waals surface area (Å²) >= 11 is 1.95. The fourth-order valence-corrected chi connectivity index (χ4v) is 2.67. The Kier molecular flexibility index (Phi) is 5.29. The lowest BCUT2D eigenvalue weighted by Crippen LogP contribution is -2.51. The van der Waals surface area contributed by atoms with E-state index in [4.69, 9.17) is 5.84 Å². The van der Waals surface area contributed by atoms with Crippen LogP contribution in [0.4, 0.5) is 0 Å². The minimum Gasteiger partial charge on any atom is -0.293 e. The largest absolute Gasteiger partial charge is 0.293 e. The zero-order chi connectivity index (χ0) is 10.4. The van der Waals surface area contributed by atoms with E-state index in [0.717, 1.165) is 37.4 Å². The minimum atomic E-state index is -0.0428. The molecule has 1 aliphatic heterocycles. The Balaban J connectivity index is 2.50. The van der Waals surface area contributed by atoms with Crippen molar-refractivity contribution in [2.24, 2.45) is 5.84 Å². The van der Waals surface area contributed by atoms with Crippen molar-refractivity contribution in [3.8, 4) is 0 Å². The quantitative estimate of drug-likeness (QED) is 0.401. The Labute approximate surface area is 89.6 Å². The van der Waals surface area contributed by atoms with Crippen LogP contribution >= 0.6 is 11.8 Å². The molecule has 0 bridgehead atoms. The molecule has 1 atom stereocenters.